The topological polar surface area (TPSA) is 96.2 Å². The molecule has 0 spiro atoms. The highest BCUT2D eigenvalue weighted by atomic mass is 32.2. The van der Waals surface area contributed by atoms with Gasteiger partial charge in [0.1, 0.15) is 5.52 Å². The van der Waals surface area contributed by atoms with Gasteiger partial charge < -0.3 is 14.0 Å². The van der Waals surface area contributed by atoms with Crippen molar-refractivity contribution < 1.29 is 19.1 Å². The molecule has 0 aliphatic heterocycles. The number of rotatable bonds is 7. The number of benzene rings is 1. The number of aromatic nitrogens is 4. The minimum atomic E-state index is -1.20. The van der Waals surface area contributed by atoms with Crippen LogP contribution in [0.3, 0.4) is 0 Å². The maximum atomic E-state index is 12.2. The first kappa shape index (κ1) is 20.1. The minimum Gasteiger partial charge on any atom is -0.465 e. The van der Waals surface area contributed by atoms with Crippen LogP contribution < -0.4 is 0 Å². The van der Waals surface area contributed by atoms with Crippen LogP contribution in [0.1, 0.15) is 33.7 Å². The third-order valence-corrected chi connectivity index (χ3v) is 5.04. The highest BCUT2D eigenvalue weighted by Crippen LogP contribution is 2.31. The zero-order valence-electron chi connectivity index (χ0n) is 16.2. The van der Waals surface area contributed by atoms with E-state index in [1.165, 1.54) is 0 Å². The van der Waals surface area contributed by atoms with Crippen LogP contribution in [0.5, 0.6) is 0 Å². The molecule has 0 aliphatic carbocycles. The Hall–Kier alpha value is -2.68. The van der Waals surface area contributed by atoms with Gasteiger partial charge in [-0.15, -0.1) is 10.2 Å². The van der Waals surface area contributed by atoms with Crippen LogP contribution >= 0.6 is 11.8 Å². The fraction of sp³-hybridized carbons (Fsp3) is 0.421. The van der Waals surface area contributed by atoms with E-state index in [4.69, 9.17) is 9.47 Å². The van der Waals surface area contributed by atoms with Crippen molar-refractivity contribution in [2.45, 2.75) is 44.1 Å². The normalized spacial score (nSPS) is 11.5. The van der Waals surface area contributed by atoms with Gasteiger partial charge in [-0.2, -0.15) is 0 Å². The van der Waals surface area contributed by atoms with Crippen molar-refractivity contribution >= 4 is 45.8 Å². The van der Waals surface area contributed by atoms with Gasteiger partial charge in [0, 0.05) is 11.4 Å². The molecule has 2 heterocycles. The van der Waals surface area contributed by atoms with Crippen molar-refractivity contribution in [2.75, 3.05) is 13.2 Å². The lowest BCUT2D eigenvalue weighted by Crippen LogP contribution is -2.31. The first-order valence-corrected chi connectivity index (χ1v) is 9.99. The highest BCUT2D eigenvalue weighted by Gasteiger charge is 2.32. The van der Waals surface area contributed by atoms with Gasteiger partial charge >= 0.3 is 11.9 Å². The molecule has 3 aromatic rings. The fourth-order valence-corrected chi connectivity index (χ4v) is 3.72. The van der Waals surface area contributed by atoms with E-state index in [1.54, 1.807) is 13.8 Å². The lowest BCUT2D eigenvalue weighted by atomic mass is 10.2. The molecule has 0 N–H and O–H groups in total. The monoisotopic (exact) mass is 402 g/mol. The van der Waals surface area contributed by atoms with E-state index in [-0.39, 0.29) is 24.4 Å². The van der Waals surface area contributed by atoms with Crippen molar-refractivity contribution in [3.63, 3.8) is 0 Å². The van der Waals surface area contributed by atoms with Crippen molar-refractivity contribution in [1.29, 1.82) is 0 Å². The average Bonchev–Trinajstić information content (AvgIpc) is 3.00. The maximum Gasteiger partial charge on any atom is 0.331 e. The van der Waals surface area contributed by atoms with Crippen molar-refractivity contribution in [2.24, 2.45) is 0 Å². The molecule has 0 fully saturated rings. The summed E-state index contributed by atoms with van der Waals surface area (Å²) < 4.78 is 12.1. The molecule has 0 saturated heterocycles. The van der Waals surface area contributed by atoms with Gasteiger partial charge in [0.15, 0.2) is 5.65 Å². The van der Waals surface area contributed by atoms with Crippen LogP contribution in [0.4, 0.5) is 0 Å². The molecular formula is C19H22N4O4S. The Balaban J connectivity index is 2.05. The molecular weight excluding hydrogens is 380 g/mol. The Bertz CT molecular complexity index is 1000. The highest BCUT2D eigenvalue weighted by molar-refractivity contribution is 8.01. The number of nitrogens with zero attached hydrogens (tertiary/aromatic N) is 4. The first-order valence-electron chi connectivity index (χ1n) is 9.11. The summed E-state index contributed by atoms with van der Waals surface area (Å²) in [4.78, 5) is 29.0. The fourth-order valence-electron chi connectivity index (χ4n) is 2.95. The number of esters is 2. The molecule has 3 rings (SSSR count). The van der Waals surface area contributed by atoms with Gasteiger partial charge in [-0.3, -0.25) is 9.59 Å². The molecule has 0 atom stereocenters. The van der Waals surface area contributed by atoms with Gasteiger partial charge in [0.25, 0.3) is 0 Å². The van der Waals surface area contributed by atoms with Crippen LogP contribution in [-0.4, -0.2) is 50.2 Å². The van der Waals surface area contributed by atoms with Crippen molar-refractivity contribution in [1.82, 2.24) is 19.7 Å². The summed E-state index contributed by atoms with van der Waals surface area (Å²) in [6.07, 6.45) is 0. The average molecular weight is 402 g/mol. The van der Waals surface area contributed by atoms with E-state index in [2.05, 4.69) is 33.6 Å². The Labute approximate surface area is 166 Å². The smallest absolute Gasteiger partial charge is 0.331 e. The van der Waals surface area contributed by atoms with Gasteiger partial charge in [-0.05, 0) is 33.8 Å². The number of carbonyl (C=O) groups excluding carboxylic acids is 2. The Morgan fingerprint density at radius 2 is 1.71 bits per heavy atom. The number of thioether (sulfide) groups is 1. The number of hydrogen-bond donors (Lipinski definition) is 0. The van der Waals surface area contributed by atoms with E-state index < -0.39 is 17.2 Å². The molecule has 0 unspecified atom stereocenters. The maximum absolute atomic E-state index is 12.2. The summed E-state index contributed by atoms with van der Waals surface area (Å²) in [5, 5.41) is 8.41. The number of para-hydroxylation sites is 1. The van der Waals surface area contributed by atoms with Crippen LogP contribution in [0, 0.1) is 0 Å². The third-order valence-electron chi connectivity index (χ3n) is 4.04. The Morgan fingerprint density at radius 3 is 2.32 bits per heavy atom. The molecule has 0 bridgehead atoms. The molecule has 1 aromatic carbocycles. The summed E-state index contributed by atoms with van der Waals surface area (Å²) in [5.41, 5.74) is 2.33. The summed E-state index contributed by atoms with van der Waals surface area (Å²) in [5.74, 6) is -1.36. The van der Waals surface area contributed by atoms with E-state index in [9.17, 15) is 9.59 Å². The van der Waals surface area contributed by atoms with E-state index >= 15 is 0 Å². The van der Waals surface area contributed by atoms with Crippen molar-refractivity contribution in [3.8, 4) is 0 Å². The standard InChI is InChI=1S/C19H22N4O4S/c1-5-26-17(24)15(18(25)27-6-2)28-19-20-16-14(21-22-19)12-9-7-8-10-13(12)23(16)11(3)4/h7-11,15H,5-6H2,1-4H3. The predicted molar refractivity (Wildman–Crippen MR) is 106 cm³/mol. The molecule has 0 saturated carbocycles. The van der Waals surface area contributed by atoms with Gasteiger partial charge in [-0.25, -0.2) is 4.98 Å². The Kier molecular flexibility index (Phi) is 6.13. The summed E-state index contributed by atoms with van der Waals surface area (Å²) >= 11 is 0.883. The zero-order chi connectivity index (χ0) is 20.3. The van der Waals surface area contributed by atoms with Gasteiger partial charge in [0.05, 0.1) is 18.7 Å². The molecule has 8 nitrogen and oxygen atoms in total. The minimum absolute atomic E-state index is 0.142. The van der Waals surface area contributed by atoms with Crippen LogP contribution in [-0.2, 0) is 19.1 Å². The van der Waals surface area contributed by atoms with Crippen LogP contribution in [0.2, 0.25) is 0 Å². The number of ether oxygens (including phenoxy) is 2. The second-order valence-corrected chi connectivity index (χ2v) is 7.32. The van der Waals surface area contributed by atoms with Crippen LogP contribution in [0.15, 0.2) is 29.4 Å². The zero-order valence-corrected chi connectivity index (χ0v) is 17.0. The Morgan fingerprint density at radius 1 is 1.07 bits per heavy atom. The van der Waals surface area contributed by atoms with E-state index in [0.29, 0.717) is 11.2 Å². The molecule has 2 aromatic heterocycles. The molecule has 9 heteroatoms. The van der Waals surface area contributed by atoms with E-state index in [0.717, 1.165) is 22.7 Å². The lowest BCUT2D eigenvalue weighted by molar-refractivity contribution is -0.152. The lowest BCUT2D eigenvalue weighted by Gasteiger charge is -2.13. The molecule has 0 aliphatic rings. The van der Waals surface area contributed by atoms with Crippen molar-refractivity contribution in [3.05, 3.63) is 24.3 Å². The predicted octanol–water partition coefficient (Wildman–Crippen LogP) is 3.15. The summed E-state index contributed by atoms with van der Waals surface area (Å²) in [6.45, 7) is 7.79. The van der Waals surface area contributed by atoms with Gasteiger partial charge in [-0.1, -0.05) is 30.0 Å². The van der Waals surface area contributed by atoms with Gasteiger partial charge in [0.2, 0.25) is 10.4 Å². The quantitative estimate of drug-likeness (QED) is 0.338. The second kappa shape index (κ2) is 8.55. The molecule has 0 amide bonds. The van der Waals surface area contributed by atoms with E-state index in [1.807, 2.05) is 24.3 Å². The molecule has 28 heavy (non-hydrogen) atoms. The summed E-state index contributed by atoms with van der Waals surface area (Å²) in [6, 6.07) is 8.02. The second-order valence-electron chi connectivity index (χ2n) is 6.25. The number of fused-ring (bicyclic) bond motifs is 3. The van der Waals surface area contributed by atoms with Crippen LogP contribution in [0.25, 0.3) is 22.1 Å². The SMILES string of the molecule is CCOC(=O)C(Sc1nnc2c3ccccc3n(C(C)C)c2n1)C(=O)OCC. The molecule has 148 valence electrons. The third kappa shape index (κ3) is 3.80. The summed E-state index contributed by atoms with van der Waals surface area (Å²) in [7, 11) is 0. The number of hydrogen-bond acceptors (Lipinski definition) is 8. The number of carbonyl (C=O) groups is 2. The molecule has 0 radical (unpaired) electrons. The first-order chi connectivity index (χ1) is 13.5. The largest absolute Gasteiger partial charge is 0.465 e.